The lowest BCUT2D eigenvalue weighted by molar-refractivity contribution is -0.275. The molecule has 2 aromatic rings. The molecule has 2 aliphatic rings. The van der Waals surface area contributed by atoms with E-state index in [2.05, 4.69) is 26.7 Å². The third-order valence-corrected chi connectivity index (χ3v) is 8.35. The number of benzene rings is 1. The second kappa shape index (κ2) is 10.9. The third kappa shape index (κ3) is 6.79. The summed E-state index contributed by atoms with van der Waals surface area (Å²) in [5, 5.41) is 2.96. The summed E-state index contributed by atoms with van der Waals surface area (Å²) < 4.78 is 84.8. The second-order valence-electron chi connectivity index (χ2n) is 10.5. The summed E-state index contributed by atoms with van der Waals surface area (Å²) in [5.41, 5.74) is 0.124. The van der Waals surface area contributed by atoms with Gasteiger partial charge in [-0.25, -0.2) is 14.1 Å². The zero-order chi connectivity index (χ0) is 28.6. The zero-order valence-electron chi connectivity index (χ0n) is 21.8. The number of aromatic nitrogens is 1. The van der Waals surface area contributed by atoms with Gasteiger partial charge >= 0.3 is 16.6 Å². The minimum atomic E-state index is -5.06. The summed E-state index contributed by atoms with van der Waals surface area (Å²) in [5.74, 6) is -2.19. The van der Waals surface area contributed by atoms with Gasteiger partial charge in [-0.15, -0.1) is 13.2 Å². The van der Waals surface area contributed by atoms with Crippen molar-refractivity contribution in [2.24, 2.45) is 5.92 Å². The first-order valence-corrected chi connectivity index (χ1v) is 13.9. The van der Waals surface area contributed by atoms with Gasteiger partial charge in [0.05, 0.1) is 11.7 Å². The standard InChI is InChI=1S/C25H31F4N5O4S/c1-16-13-24(2,3)33(15-16)22-18(6-4-10-30-22)23(35)32-39(36,37)34-11-5-7-21(34)31-14-17-8-9-19(26)20(12-17)38-25(27,28)29/h4,6,8-10,12,16,21,31H,5,7,11,13-15H2,1-3H3,(H,32,35)/t16-,21?/m0/s1. The van der Waals surface area contributed by atoms with E-state index in [1.54, 1.807) is 12.3 Å². The largest absolute Gasteiger partial charge is 0.573 e. The van der Waals surface area contributed by atoms with Crippen LogP contribution in [0.15, 0.2) is 36.5 Å². The Bertz CT molecular complexity index is 1320. The second-order valence-corrected chi connectivity index (χ2v) is 12.1. The van der Waals surface area contributed by atoms with E-state index in [0.29, 0.717) is 31.1 Å². The molecule has 0 aliphatic carbocycles. The van der Waals surface area contributed by atoms with E-state index >= 15 is 0 Å². The van der Waals surface area contributed by atoms with Crippen molar-refractivity contribution >= 4 is 21.9 Å². The SMILES string of the molecule is C[C@@H]1CN(c2ncccc2C(=O)NS(=O)(=O)N2CCCC2NCc2ccc(F)c(OC(F)(F)F)c2)C(C)(C)C1. The topological polar surface area (TPSA) is 104 Å². The molecular weight excluding hydrogens is 542 g/mol. The Morgan fingerprint density at radius 3 is 2.67 bits per heavy atom. The highest BCUT2D eigenvalue weighted by Crippen LogP contribution is 2.37. The molecule has 14 heteroatoms. The molecule has 2 fully saturated rings. The predicted molar refractivity (Wildman–Crippen MR) is 135 cm³/mol. The maximum atomic E-state index is 13.7. The van der Waals surface area contributed by atoms with Gasteiger partial charge in [-0.3, -0.25) is 10.1 Å². The molecule has 2 saturated heterocycles. The maximum absolute atomic E-state index is 13.7. The summed E-state index contributed by atoms with van der Waals surface area (Å²) in [6.45, 7) is 6.93. The van der Waals surface area contributed by atoms with Crippen LogP contribution in [-0.4, -0.2) is 54.8 Å². The highest BCUT2D eigenvalue weighted by Gasteiger charge is 2.40. The molecule has 4 rings (SSSR count). The van der Waals surface area contributed by atoms with Gasteiger partial charge in [0.15, 0.2) is 11.6 Å². The van der Waals surface area contributed by atoms with Crippen LogP contribution in [0.1, 0.15) is 56.0 Å². The lowest BCUT2D eigenvalue weighted by Crippen LogP contribution is -2.50. The summed E-state index contributed by atoms with van der Waals surface area (Å²) in [6, 6.07) is 6.11. The van der Waals surface area contributed by atoms with Gasteiger partial charge in [0.1, 0.15) is 5.82 Å². The fourth-order valence-corrected chi connectivity index (χ4v) is 6.65. The molecule has 0 bridgehead atoms. The van der Waals surface area contributed by atoms with Gasteiger partial charge in [0.25, 0.3) is 5.91 Å². The number of ether oxygens (including phenoxy) is 1. The Morgan fingerprint density at radius 2 is 2.00 bits per heavy atom. The summed E-state index contributed by atoms with van der Waals surface area (Å²) in [4.78, 5) is 19.6. The van der Waals surface area contributed by atoms with E-state index in [1.165, 1.54) is 12.1 Å². The average molecular weight is 574 g/mol. The molecule has 1 aromatic heterocycles. The van der Waals surface area contributed by atoms with Crippen molar-refractivity contribution in [1.82, 2.24) is 19.3 Å². The van der Waals surface area contributed by atoms with Crippen LogP contribution in [0.5, 0.6) is 5.75 Å². The molecule has 2 aliphatic heterocycles. The van der Waals surface area contributed by atoms with Crippen molar-refractivity contribution in [2.45, 2.75) is 64.6 Å². The first-order valence-electron chi connectivity index (χ1n) is 12.5. The first kappa shape index (κ1) is 29.0. The maximum Gasteiger partial charge on any atom is 0.573 e. The Balaban J connectivity index is 1.46. The average Bonchev–Trinajstić information content (AvgIpc) is 3.41. The minimum absolute atomic E-state index is 0.0614. The molecule has 39 heavy (non-hydrogen) atoms. The number of carbonyl (C=O) groups is 1. The number of halogens is 4. The van der Waals surface area contributed by atoms with Crippen LogP contribution in [0.2, 0.25) is 0 Å². The fourth-order valence-electron chi connectivity index (χ4n) is 5.31. The van der Waals surface area contributed by atoms with Crippen molar-refractivity contribution in [3.05, 3.63) is 53.5 Å². The molecule has 0 radical (unpaired) electrons. The van der Waals surface area contributed by atoms with Gasteiger partial charge in [0, 0.05) is 31.4 Å². The molecule has 2 N–H and O–H groups in total. The van der Waals surface area contributed by atoms with Gasteiger partial charge in [0.2, 0.25) is 0 Å². The van der Waals surface area contributed by atoms with Crippen LogP contribution >= 0.6 is 0 Å². The third-order valence-electron chi connectivity index (χ3n) is 6.86. The van der Waals surface area contributed by atoms with E-state index in [9.17, 15) is 30.8 Å². The smallest absolute Gasteiger partial charge is 0.403 e. The van der Waals surface area contributed by atoms with Gasteiger partial charge in [-0.05, 0) is 68.9 Å². The molecule has 0 saturated carbocycles. The summed E-state index contributed by atoms with van der Waals surface area (Å²) in [7, 11) is -4.29. The highest BCUT2D eigenvalue weighted by atomic mass is 32.2. The predicted octanol–water partition coefficient (Wildman–Crippen LogP) is 3.93. The monoisotopic (exact) mass is 573 g/mol. The van der Waals surface area contributed by atoms with Crippen LogP contribution in [0, 0.1) is 11.7 Å². The molecule has 2 atom stereocenters. The number of hydrogen-bond acceptors (Lipinski definition) is 7. The lowest BCUT2D eigenvalue weighted by atomic mass is 9.97. The van der Waals surface area contributed by atoms with Gasteiger partial charge in [-0.2, -0.15) is 12.7 Å². The van der Waals surface area contributed by atoms with E-state index < -0.39 is 40.2 Å². The molecule has 1 unspecified atom stereocenters. The molecule has 214 valence electrons. The van der Waals surface area contributed by atoms with Crippen molar-refractivity contribution in [1.29, 1.82) is 0 Å². The number of anilines is 1. The Hall–Kier alpha value is -2.97. The Morgan fingerprint density at radius 1 is 1.26 bits per heavy atom. The van der Waals surface area contributed by atoms with E-state index in [4.69, 9.17) is 0 Å². The van der Waals surface area contributed by atoms with Gasteiger partial charge in [-0.1, -0.05) is 13.0 Å². The lowest BCUT2D eigenvalue weighted by Gasteiger charge is -2.33. The highest BCUT2D eigenvalue weighted by molar-refractivity contribution is 7.87. The molecule has 1 aromatic carbocycles. The Kier molecular flexibility index (Phi) is 8.11. The number of nitrogens with zero attached hydrogens (tertiary/aromatic N) is 3. The quantitative estimate of drug-likeness (QED) is 0.462. The van der Waals surface area contributed by atoms with Crippen LogP contribution < -0.4 is 19.7 Å². The number of nitrogens with one attached hydrogen (secondary N) is 2. The van der Waals surface area contributed by atoms with E-state index in [-0.39, 0.29) is 29.8 Å². The van der Waals surface area contributed by atoms with Crippen molar-refractivity contribution < 1.29 is 35.5 Å². The number of carbonyl (C=O) groups excluding carboxylic acids is 1. The fraction of sp³-hybridized carbons (Fsp3) is 0.520. The van der Waals surface area contributed by atoms with Crippen LogP contribution in [-0.2, 0) is 16.8 Å². The summed E-state index contributed by atoms with van der Waals surface area (Å²) >= 11 is 0. The molecule has 1 amide bonds. The Labute approximate surface area is 224 Å². The molecule has 0 spiro atoms. The van der Waals surface area contributed by atoms with Crippen molar-refractivity contribution in [3.8, 4) is 5.75 Å². The number of rotatable bonds is 8. The van der Waals surface area contributed by atoms with Crippen molar-refractivity contribution in [3.63, 3.8) is 0 Å². The number of amides is 1. The number of pyridine rings is 1. The zero-order valence-corrected chi connectivity index (χ0v) is 22.6. The van der Waals surface area contributed by atoms with E-state index in [0.717, 1.165) is 22.9 Å². The minimum Gasteiger partial charge on any atom is -0.403 e. The summed E-state index contributed by atoms with van der Waals surface area (Å²) in [6.07, 6.45) is -2.45. The molecular formula is C25H31F4N5O4S. The normalized spacial score (nSPS) is 21.8. The number of hydrogen-bond donors (Lipinski definition) is 2. The molecule has 9 nitrogen and oxygen atoms in total. The van der Waals surface area contributed by atoms with Crippen molar-refractivity contribution in [2.75, 3.05) is 18.0 Å². The molecule has 3 heterocycles. The van der Waals surface area contributed by atoms with Gasteiger partial charge < -0.3 is 9.64 Å². The first-order chi connectivity index (χ1) is 18.2. The van der Waals surface area contributed by atoms with E-state index in [1.807, 2.05) is 18.7 Å². The van der Waals surface area contributed by atoms with Crippen LogP contribution in [0.3, 0.4) is 0 Å². The number of alkyl halides is 3. The van der Waals surface area contributed by atoms with Crippen LogP contribution in [0.4, 0.5) is 23.4 Å². The van der Waals surface area contributed by atoms with Crippen LogP contribution in [0.25, 0.3) is 0 Å².